The highest BCUT2D eigenvalue weighted by Crippen LogP contribution is 2.35. The van der Waals surface area contributed by atoms with Crippen molar-refractivity contribution in [3.8, 4) is 5.75 Å². The smallest absolute Gasteiger partial charge is 0.408 e. The first-order valence-corrected chi connectivity index (χ1v) is 15.5. The number of thiol groups is 1. The zero-order valence-corrected chi connectivity index (χ0v) is 27.2. The zero-order chi connectivity index (χ0) is 32.7. The fourth-order valence-corrected chi connectivity index (χ4v) is 5.05. The van der Waals surface area contributed by atoms with E-state index >= 15 is 0 Å². The number of aromatic hydroxyl groups is 1. The van der Waals surface area contributed by atoms with Gasteiger partial charge in [0.1, 0.15) is 35.1 Å². The van der Waals surface area contributed by atoms with Gasteiger partial charge >= 0.3 is 12.1 Å². The fourth-order valence-electron chi connectivity index (χ4n) is 4.80. The molecule has 11 heteroatoms. The molecule has 1 saturated carbocycles. The number of esters is 1. The molecule has 240 valence electrons. The molecule has 1 aliphatic rings. The topological polar surface area (TPSA) is 134 Å². The summed E-state index contributed by atoms with van der Waals surface area (Å²) in [5.74, 6) is -1.92. The number of phenolic OH excluding ortho intramolecular Hbond substituents is 1. The normalized spacial score (nSPS) is 15.6. The summed E-state index contributed by atoms with van der Waals surface area (Å²) in [7, 11) is 0. The lowest BCUT2D eigenvalue weighted by Gasteiger charge is -2.43. The average Bonchev–Trinajstić information content (AvgIpc) is 2.88. The first-order chi connectivity index (χ1) is 20.6. The lowest BCUT2D eigenvalue weighted by molar-refractivity contribution is -0.159. The first-order valence-electron chi connectivity index (χ1n) is 14.9. The average molecular weight is 628 g/mol. The Kier molecular flexibility index (Phi) is 11.7. The number of hydrogen-bond donors (Lipinski definition) is 4. The minimum atomic E-state index is -1.23. The van der Waals surface area contributed by atoms with Crippen molar-refractivity contribution in [1.29, 1.82) is 0 Å². The molecule has 2 aromatic rings. The third kappa shape index (κ3) is 10.2. The highest BCUT2D eigenvalue weighted by atomic mass is 32.1. The summed E-state index contributed by atoms with van der Waals surface area (Å²) in [5.41, 5.74) is -0.439. The molecule has 1 fully saturated rings. The predicted molar refractivity (Wildman–Crippen MR) is 170 cm³/mol. The summed E-state index contributed by atoms with van der Waals surface area (Å²) in [6, 6.07) is 11.6. The Bertz CT molecular complexity index is 1300. The molecule has 3 rings (SSSR count). The number of alkyl carbamates (subject to hydrolysis) is 1. The maximum Gasteiger partial charge on any atom is 0.408 e. The summed E-state index contributed by atoms with van der Waals surface area (Å²) in [6.45, 7) is 10.4. The van der Waals surface area contributed by atoms with Crippen LogP contribution in [-0.4, -0.2) is 69.0 Å². The summed E-state index contributed by atoms with van der Waals surface area (Å²) in [4.78, 5) is 56.0. The minimum Gasteiger partial charge on any atom is -0.508 e. The monoisotopic (exact) mass is 627 g/mol. The number of carbonyl (C=O) groups excluding carboxylic acids is 4. The van der Waals surface area contributed by atoms with E-state index in [4.69, 9.17) is 9.47 Å². The molecule has 0 aliphatic heterocycles. The van der Waals surface area contributed by atoms with Gasteiger partial charge in [-0.05, 0) is 84.1 Å². The SMILES string of the molecule is CC(C)(C)OC(=O)NC(CS)C(=O)N(C1CCC1)C(C(=O)NC(Cc1ccccc1)C(=O)OC(C)(C)C)c1cccc(O)c1. The second-order valence-electron chi connectivity index (χ2n) is 13.0. The van der Waals surface area contributed by atoms with Crippen molar-refractivity contribution in [3.05, 3.63) is 65.7 Å². The van der Waals surface area contributed by atoms with Gasteiger partial charge in [-0.25, -0.2) is 9.59 Å². The molecular weight excluding hydrogens is 582 g/mol. The van der Waals surface area contributed by atoms with Crippen LogP contribution in [0.4, 0.5) is 4.79 Å². The van der Waals surface area contributed by atoms with E-state index in [-0.39, 0.29) is 24.0 Å². The molecular formula is C33H45N3O7S. The standard InChI is InChI=1S/C33H45N3O7S/c1-32(2,3)42-30(40)25(18-21-12-8-7-9-13-21)34-28(38)27(22-14-10-17-24(37)19-22)36(23-15-11-16-23)29(39)26(20-44)35-31(41)43-33(4,5)6/h7-10,12-14,17,19,23,25-27,37,44H,11,15-16,18,20H2,1-6H3,(H,34,38)(H,35,41). The Morgan fingerprint density at radius 3 is 2.07 bits per heavy atom. The number of ether oxygens (including phenoxy) is 2. The van der Waals surface area contributed by atoms with Gasteiger partial charge in [0.25, 0.3) is 0 Å². The molecule has 1 aliphatic carbocycles. The molecule has 0 saturated heterocycles. The largest absolute Gasteiger partial charge is 0.508 e. The summed E-state index contributed by atoms with van der Waals surface area (Å²) >= 11 is 4.33. The molecule has 3 N–H and O–H groups in total. The van der Waals surface area contributed by atoms with Crippen LogP contribution in [0.15, 0.2) is 54.6 Å². The molecule has 0 bridgehead atoms. The van der Waals surface area contributed by atoms with Crippen LogP contribution in [0.2, 0.25) is 0 Å². The van der Waals surface area contributed by atoms with Crippen LogP contribution in [0.5, 0.6) is 5.75 Å². The Hall–Kier alpha value is -3.73. The van der Waals surface area contributed by atoms with Gasteiger partial charge in [-0.1, -0.05) is 42.5 Å². The maximum atomic E-state index is 14.3. The van der Waals surface area contributed by atoms with E-state index in [1.54, 1.807) is 53.7 Å². The van der Waals surface area contributed by atoms with E-state index in [1.165, 1.54) is 17.0 Å². The predicted octanol–water partition coefficient (Wildman–Crippen LogP) is 4.71. The van der Waals surface area contributed by atoms with Crippen molar-refractivity contribution >= 4 is 36.5 Å². The van der Waals surface area contributed by atoms with E-state index in [0.29, 0.717) is 18.4 Å². The molecule has 0 spiro atoms. The lowest BCUT2D eigenvalue weighted by Crippen LogP contribution is -2.59. The molecule has 0 aromatic heterocycles. The number of nitrogens with zero attached hydrogens (tertiary/aromatic N) is 1. The molecule has 2 aromatic carbocycles. The van der Waals surface area contributed by atoms with Gasteiger partial charge in [0.15, 0.2) is 0 Å². The molecule has 10 nitrogen and oxygen atoms in total. The van der Waals surface area contributed by atoms with Gasteiger partial charge in [0, 0.05) is 18.2 Å². The summed E-state index contributed by atoms with van der Waals surface area (Å²) < 4.78 is 11.0. The number of amides is 3. The quantitative estimate of drug-likeness (QED) is 0.210. The van der Waals surface area contributed by atoms with Crippen LogP contribution in [0.1, 0.15) is 78.0 Å². The van der Waals surface area contributed by atoms with E-state index in [0.717, 1.165) is 12.0 Å². The van der Waals surface area contributed by atoms with Crippen LogP contribution in [0.3, 0.4) is 0 Å². The Labute approximate surface area is 265 Å². The number of carbonyl (C=O) groups is 4. The molecule has 44 heavy (non-hydrogen) atoms. The van der Waals surface area contributed by atoms with Crippen molar-refractivity contribution in [1.82, 2.24) is 15.5 Å². The molecule has 0 radical (unpaired) electrons. The maximum absolute atomic E-state index is 14.3. The highest BCUT2D eigenvalue weighted by molar-refractivity contribution is 7.80. The lowest BCUT2D eigenvalue weighted by atomic mass is 9.88. The second kappa shape index (κ2) is 14.8. The highest BCUT2D eigenvalue weighted by Gasteiger charge is 2.43. The fraction of sp³-hybridized carbons (Fsp3) is 0.515. The van der Waals surface area contributed by atoms with Gasteiger partial charge in [-0.2, -0.15) is 12.6 Å². The van der Waals surface area contributed by atoms with Crippen molar-refractivity contribution in [2.45, 2.75) is 103 Å². The van der Waals surface area contributed by atoms with Gasteiger partial charge in [0.2, 0.25) is 11.8 Å². The van der Waals surface area contributed by atoms with E-state index in [2.05, 4.69) is 23.3 Å². The van der Waals surface area contributed by atoms with Crippen molar-refractivity contribution in [2.24, 2.45) is 0 Å². The van der Waals surface area contributed by atoms with E-state index in [9.17, 15) is 24.3 Å². The molecule has 0 heterocycles. The summed E-state index contributed by atoms with van der Waals surface area (Å²) in [6.07, 6.45) is 1.50. The van der Waals surface area contributed by atoms with Crippen molar-refractivity contribution in [3.63, 3.8) is 0 Å². The summed E-state index contributed by atoms with van der Waals surface area (Å²) in [5, 5.41) is 15.8. The van der Waals surface area contributed by atoms with Gasteiger partial charge in [-0.15, -0.1) is 0 Å². The third-order valence-corrected chi connectivity index (χ3v) is 7.26. The molecule has 3 atom stereocenters. The minimum absolute atomic E-state index is 0.0514. The number of rotatable bonds is 11. The number of phenols is 1. The second-order valence-corrected chi connectivity index (χ2v) is 13.4. The van der Waals surface area contributed by atoms with Crippen LogP contribution < -0.4 is 10.6 Å². The molecule has 3 unspecified atom stereocenters. The van der Waals surface area contributed by atoms with Crippen LogP contribution in [0, 0.1) is 0 Å². The van der Waals surface area contributed by atoms with Gasteiger partial charge in [0.05, 0.1) is 0 Å². The van der Waals surface area contributed by atoms with Crippen molar-refractivity contribution < 1.29 is 33.8 Å². The Morgan fingerprint density at radius 1 is 0.909 bits per heavy atom. The number of nitrogens with one attached hydrogen (secondary N) is 2. The number of hydrogen-bond acceptors (Lipinski definition) is 8. The van der Waals surface area contributed by atoms with Crippen LogP contribution in [-0.2, 0) is 30.3 Å². The van der Waals surface area contributed by atoms with Crippen LogP contribution >= 0.6 is 12.6 Å². The Balaban J connectivity index is 2.02. The van der Waals surface area contributed by atoms with E-state index in [1.807, 2.05) is 30.3 Å². The van der Waals surface area contributed by atoms with E-state index < -0.39 is 53.2 Å². The van der Waals surface area contributed by atoms with Gasteiger partial charge in [-0.3, -0.25) is 9.59 Å². The first kappa shape index (κ1) is 34.8. The Morgan fingerprint density at radius 2 is 1.55 bits per heavy atom. The van der Waals surface area contributed by atoms with Crippen LogP contribution in [0.25, 0.3) is 0 Å². The third-order valence-electron chi connectivity index (χ3n) is 6.90. The van der Waals surface area contributed by atoms with Gasteiger partial charge < -0.3 is 30.1 Å². The zero-order valence-electron chi connectivity index (χ0n) is 26.3. The molecule has 3 amide bonds. The number of benzene rings is 2. The van der Waals surface area contributed by atoms with Crippen molar-refractivity contribution in [2.75, 3.05) is 5.75 Å².